The number of alkyl halides is 3. The van der Waals surface area contributed by atoms with Crippen LogP contribution in [0.4, 0.5) is 13.2 Å². The number of ketones is 1. The van der Waals surface area contributed by atoms with Crippen molar-refractivity contribution in [1.82, 2.24) is 5.32 Å². The zero-order valence-corrected chi connectivity index (χ0v) is 10.2. The van der Waals surface area contributed by atoms with Crippen LogP contribution in [0.1, 0.15) is 20.8 Å². The summed E-state index contributed by atoms with van der Waals surface area (Å²) in [6.45, 7) is 0.158. The van der Waals surface area contributed by atoms with E-state index >= 15 is 0 Å². The van der Waals surface area contributed by atoms with Crippen LogP contribution in [0.3, 0.4) is 0 Å². The molecule has 1 N–H and O–H groups in total. The Hall–Kier alpha value is -1.07. The van der Waals surface area contributed by atoms with Crippen molar-refractivity contribution < 1.29 is 22.8 Å². The molecule has 100 valence electrons. The number of hydrogen-bond donors (Lipinski definition) is 1. The Labute approximate surface area is 98.8 Å². The molecule has 1 amide bonds. The molecule has 0 aromatic rings. The highest BCUT2D eigenvalue weighted by atomic mass is 19.1. The predicted octanol–water partition coefficient (Wildman–Crippen LogP) is 1.61. The second-order valence-electron chi connectivity index (χ2n) is 4.47. The van der Waals surface area contributed by atoms with Crippen molar-refractivity contribution in [3.05, 3.63) is 0 Å². The minimum absolute atomic E-state index is 0.365. The maximum Gasteiger partial charge on any atom is 0.217 e. The molecule has 0 saturated heterocycles. The zero-order valence-electron chi connectivity index (χ0n) is 10.2. The molecular weight excluding hydrogens is 235 g/mol. The van der Waals surface area contributed by atoms with Crippen LogP contribution in [0.2, 0.25) is 0 Å². The number of hydrogen-bond acceptors (Lipinski definition) is 2. The molecule has 0 aliphatic rings. The van der Waals surface area contributed by atoms with Crippen LogP contribution >= 0.6 is 0 Å². The van der Waals surface area contributed by atoms with Gasteiger partial charge in [-0.1, -0.05) is 13.8 Å². The average Bonchev–Trinajstić information content (AvgIpc) is 2.28. The van der Waals surface area contributed by atoms with Gasteiger partial charge in [-0.15, -0.1) is 0 Å². The number of Topliss-reactive ketones (excluding diaryl/α,β-unsaturated/α-hetero) is 1. The second-order valence-corrected chi connectivity index (χ2v) is 4.47. The van der Waals surface area contributed by atoms with Crippen molar-refractivity contribution in [3.63, 3.8) is 0 Å². The van der Waals surface area contributed by atoms with Gasteiger partial charge in [-0.2, -0.15) is 0 Å². The molecule has 0 aromatic carbocycles. The molecule has 1 atom stereocenters. The van der Waals surface area contributed by atoms with Crippen LogP contribution in [-0.2, 0) is 9.59 Å². The lowest BCUT2D eigenvalue weighted by molar-refractivity contribution is -0.137. The molecular formula is C11H18F3NO2. The van der Waals surface area contributed by atoms with Gasteiger partial charge in [-0.25, -0.2) is 13.2 Å². The third-order valence-electron chi connectivity index (χ3n) is 2.60. The van der Waals surface area contributed by atoms with Gasteiger partial charge in [0.05, 0.1) is 6.04 Å². The van der Waals surface area contributed by atoms with Gasteiger partial charge in [0.2, 0.25) is 5.91 Å². The summed E-state index contributed by atoms with van der Waals surface area (Å²) in [4.78, 5) is 22.8. The molecule has 0 spiro atoms. The first-order valence-electron chi connectivity index (χ1n) is 5.34. The summed E-state index contributed by atoms with van der Waals surface area (Å²) < 4.78 is 38.1. The smallest absolute Gasteiger partial charge is 0.217 e. The monoisotopic (exact) mass is 253 g/mol. The maximum absolute atomic E-state index is 12.7. The van der Waals surface area contributed by atoms with Gasteiger partial charge in [0, 0.05) is 6.92 Å². The van der Waals surface area contributed by atoms with Crippen LogP contribution in [0.25, 0.3) is 0 Å². The molecule has 17 heavy (non-hydrogen) atoms. The average molecular weight is 253 g/mol. The van der Waals surface area contributed by atoms with E-state index in [2.05, 4.69) is 5.32 Å². The van der Waals surface area contributed by atoms with Crippen molar-refractivity contribution in [1.29, 1.82) is 0 Å². The first kappa shape index (κ1) is 15.9. The Morgan fingerprint density at radius 2 is 1.53 bits per heavy atom. The van der Waals surface area contributed by atoms with Crippen molar-refractivity contribution in [3.8, 4) is 0 Å². The summed E-state index contributed by atoms with van der Waals surface area (Å²) in [6.07, 6.45) is 0. The lowest BCUT2D eigenvalue weighted by atomic mass is 9.80. The fourth-order valence-electron chi connectivity index (χ4n) is 1.39. The molecule has 0 bridgehead atoms. The molecule has 6 heteroatoms. The Morgan fingerprint density at radius 1 is 1.12 bits per heavy atom. The lowest BCUT2D eigenvalue weighted by Crippen LogP contribution is -2.53. The standard InChI is InChI=1S/C11H18F3NO2/c1-7(2)9(15-8(3)16)10(17)11(4-12,5-13)6-14/h7,9H,4-6H2,1-3H3,(H,15,16). The van der Waals surface area contributed by atoms with Crippen LogP contribution in [0.15, 0.2) is 0 Å². The minimum atomic E-state index is -2.28. The van der Waals surface area contributed by atoms with E-state index in [0.717, 1.165) is 0 Å². The van der Waals surface area contributed by atoms with Crippen LogP contribution in [0, 0.1) is 11.3 Å². The van der Waals surface area contributed by atoms with E-state index in [9.17, 15) is 22.8 Å². The summed E-state index contributed by atoms with van der Waals surface area (Å²) in [5.41, 5.74) is -2.28. The summed E-state index contributed by atoms with van der Waals surface area (Å²) in [7, 11) is 0. The molecule has 3 nitrogen and oxygen atoms in total. The first-order chi connectivity index (χ1) is 7.84. The molecule has 0 radical (unpaired) electrons. The number of amides is 1. The van der Waals surface area contributed by atoms with Gasteiger partial charge in [-0.05, 0) is 5.92 Å². The summed E-state index contributed by atoms with van der Waals surface area (Å²) in [6, 6.07) is -1.07. The number of carbonyl (C=O) groups is 2. The van der Waals surface area contributed by atoms with E-state index in [1.807, 2.05) is 0 Å². The highest BCUT2D eigenvalue weighted by molar-refractivity contribution is 5.93. The van der Waals surface area contributed by atoms with Gasteiger partial charge in [0.1, 0.15) is 25.4 Å². The molecule has 0 heterocycles. The van der Waals surface area contributed by atoms with Gasteiger partial charge < -0.3 is 5.32 Å². The van der Waals surface area contributed by atoms with E-state index in [1.54, 1.807) is 13.8 Å². The number of carbonyl (C=O) groups excluding carboxylic acids is 2. The summed E-state index contributed by atoms with van der Waals surface area (Å²) in [5.74, 6) is -1.80. The highest BCUT2D eigenvalue weighted by Gasteiger charge is 2.44. The van der Waals surface area contributed by atoms with E-state index < -0.39 is 43.2 Å². The maximum atomic E-state index is 12.7. The second kappa shape index (κ2) is 6.61. The molecule has 0 saturated carbocycles. The minimum Gasteiger partial charge on any atom is -0.346 e. The fraction of sp³-hybridized carbons (Fsp3) is 0.818. The number of nitrogens with one attached hydrogen (secondary N) is 1. The van der Waals surface area contributed by atoms with E-state index in [-0.39, 0.29) is 5.92 Å². The summed E-state index contributed by atoms with van der Waals surface area (Å²) >= 11 is 0. The molecule has 0 fully saturated rings. The van der Waals surface area contributed by atoms with Crippen molar-refractivity contribution >= 4 is 11.7 Å². The normalized spacial score (nSPS) is 13.6. The Balaban J connectivity index is 5.10. The fourth-order valence-corrected chi connectivity index (χ4v) is 1.39. The van der Waals surface area contributed by atoms with E-state index in [0.29, 0.717) is 0 Å². The van der Waals surface area contributed by atoms with Gasteiger partial charge in [0.15, 0.2) is 5.78 Å². The first-order valence-corrected chi connectivity index (χ1v) is 5.34. The van der Waals surface area contributed by atoms with E-state index in [4.69, 9.17) is 0 Å². The molecule has 0 aromatic heterocycles. The SMILES string of the molecule is CC(=O)NC(C(=O)C(CF)(CF)CF)C(C)C. The van der Waals surface area contributed by atoms with Crippen molar-refractivity contribution in [2.75, 3.05) is 20.0 Å². The van der Waals surface area contributed by atoms with Gasteiger partial charge >= 0.3 is 0 Å². The highest BCUT2D eigenvalue weighted by Crippen LogP contribution is 2.25. The molecule has 1 unspecified atom stereocenters. The largest absolute Gasteiger partial charge is 0.346 e. The van der Waals surface area contributed by atoms with Crippen molar-refractivity contribution in [2.45, 2.75) is 26.8 Å². The van der Waals surface area contributed by atoms with Crippen LogP contribution < -0.4 is 5.32 Å². The molecule has 0 rings (SSSR count). The number of halogens is 3. The Bertz CT molecular complexity index is 270. The zero-order chi connectivity index (χ0) is 13.6. The van der Waals surface area contributed by atoms with E-state index in [1.165, 1.54) is 6.92 Å². The Morgan fingerprint density at radius 3 is 1.76 bits per heavy atom. The quantitative estimate of drug-likeness (QED) is 0.749. The molecule has 0 aliphatic heterocycles. The lowest BCUT2D eigenvalue weighted by Gasteiger charge is -2.30. The van der Waals surface area contributed by atoms with Gasteiger partial charge in [0.25, 0.3) is 0 Å². The summed E-state index contributed by atoms with van der Waals surface area (Å²) in [5, 5.41) is 2.30. The molecule has 0 aliphatic carbocycles. The van der Waals surface area contributed by atoms with Gasteiger partial charge in [-0.3, -0.25) is 9.59 Å². The Kier molecular flexibility index (Phi) is 6.20. The predicted molar refractivity (Wildman–Crippen MR) is 57.8 cm³/mol. The number of rotatable bonds is 7. The van der Waals surface area contributed by atoms with Crippen molar-refractivity contribution in [2.24, 2.45) is 11.3 Å². The third-order valence-corrected chi connectivity index (χ3v) is 2.60. The van der Waals surface area contributed by atoms with Crippen LogP contribution in [-0.4, -0.2) is 37.8 Å². The topological polar surface area (TPSA) is 46.2 Å². The third kappa shape index (κ3) is 3.71. The van der Waals surface area contributed by atoms with Crippen LogP contribution in [0.5, 0.6) is 0 Å².